The lowest BCUT2D eigenvalue weighted by Crippen LogP contribution is -2.34. The molecule has 1 aliphatic heterocycles. The summed E-state index contributed by atoms with van der Waals surface area (Å²) < 4.78 is 34.6. The van der Waals surface area contributed by atoms with Gasteiger partial charge in [-0.05, 0) is 92.9 Å². The van der Waals surface area contributed by atoms with Crippen LogP contribution in [0.15, 0.2) is 102 Å². The first-order valence-electron chi connectivity index (χ1n) is 17.0. The summed E-state index contributed by atoms with van der Waals surface area (Å²) in [7, 11) is 1.57. The number of aromatic nitrogens is 3. The molecule has 51 heavy (non-hydrogen) atoms. The van der Waals surface area contributed by atoms with E-state index in [1.807, 2.05) is 6.07 Å². The second kappa shape index (κ2) is 15.0. The van der Waals surface area contributed by atoms with Crippen molar-refractivity contribution in [1.82, 2.24) is 19.4 Å². The Kier molecular flexibility index (Phi) is 9.89. The third-order valence-corrected chi connectivity index (χ3v) is 9.17. The third kappa shape index (κ3) is 7.39. The minimum Gasteiger partial charge on any atom is -0.493 e. The zero-order valence-corrected chi connectivity index (χ0v) is 28.5. The lowest BCUT2D eigenvalue weighted by molar-refractivity contribution is 0.102. The van der Waals surface area contributed by atoms with Crippen molar-refractivity contribution in [3.8, 4) is 28.7 Å². The molecule has 4 heterocycles. The first kappa shape index (κ1) is 33.7. The van der Waals surface area contributed by atoms with Gasteiger partial charge in [-0.3, -0.25) is 19.1 Å². The summed E-state index contributed by atoms with van der Waals surface area (Å²) >= 11 is 0. The number of halogens is 1. The van der Waals surface area contributed by atoms with Gasteiger partial charge in [-0.15, -0.1) is 0 Å². The molecular formula is C40H38FN5O5. The average Bonchev–Trinajstić information content (AvgIpc) is 3.15. The van der Waals surface area contributed by atoms with Crippen molar-refractivity contribution in [2.75, 3.05) is 38.7 Å². The molecule has 1 amide bonds. The zero-order chi connectivity index (χ0) is 35.3. The van der Waals surface area contributed by atoms with Crippen molar-refractivity contribution >= 4 is 33.5 Å². The van der Waals surface area contributed by atoms with Crippen LogP contribution in [-0.2, 0) is 0 Å². The second-order valence-corrected chi connectivity index (χ2v) is 12.7. The fourth-order valence-electron chi connectivity index (χ4n) is 6.35. The number of benzene rings is 3. The van der Waals surface area contributed by atoms with E-state index in [1.54, 1.807) is 74.1 Å². The molecular weight excluding hydrogens is 649 g/mol. The Balaban J connectivity index is 1.07. The SMILES string of the molecule is COc1cc2c(Oc3ccc(NC(=O)c4cc5cccnc5n(-c5ccccc5)c4=O)cc3F)ccnc2cc1OCCCN1CCC(C)CC1. The molecule has 0 bridgehead atoms. The van der Waals surface area contributed by atoms with Gasteiger partial charge in [0.15, 0.2) is 23.1 Å². The predicted octanol–water partition coefficient (Wildman–Crippen LogP) is 7.63. The standard InChI is InChI=1S/C40H38FN5O5/c1-26-14-19-45(20-15-26)18-7-21-50-37-25-33-30(24-36(37)49-2)34(13-17-42-33)51-35-12-11-28(23-32(35)41)44-39(47)31-22-27-8-6-16-43-38(27)46(40(31)48)29-9-4-3-5-10-29/h3-6,8-13,16-17,22-26H,7,14-15,18-21H2,1-2H3,(H,44,47). The molecule has 10 nitrogen and oxygen atoms in total. The first-order valence-corrected chi connectivity index (χ1v) is 17.0. The van der Waals surface area contributed by atoms with Crippen molar-refractivity contribution in [3.63, 3.8) is 0 Å². The molecule has 0 radical (unpaired) electrons. The number of rotatable bonds is 11. The Morgan fingerprint density at radius 3 is 2.51 bits per heavy atom. The van der Waals surface area contributed by atoms with Gasteiger partial charge in [-0.25, -0.2) is 9.37 Å². The van der Waals surface area contributed by atoms with Gasteiger partial charge in [0, 0.05) is 47.5 Å². The van der Waals surface area contributed by atoms with E-state index in [4.69, 9.17) is 14.2 Å². The van der Waals surface area contributed by atoms with Gasteiger partial charge in [0.2, 0.25) is 0 Å². The number of ether oxygens (including phenoxy) is 3. The molecule has 0 aliphatic carbocycles. The second-order valence-electron chi connectivity index (χ2n) is 12.7. The van der Waals surface area contributed by atoms with E-state index in [2.05, 4.69) is 27.1 Å². The summed E-state index contributed by atoms with van der Waals surface area (Å²) in [6.45, 7) is 6.10. The Hall–Kier alpha value is -5.81. The van der Waals surface area contributed by atoms with E-state index < -0.39 is 17.3 Å². The van der Waals surface area contributed by atoms with E-state index in [9.17, 15) is 9.59 Å². The lowest BCUT2D eigenvalue weighted by Gasteiger charge is -2.30. The number of hydrogen-bond donors (Lipinski definition) is 1. The molecule has 3 aromatic carbocycles. The molecule has 1 fully saturated rings. The van der Waals surface area contributed by atoms with Gasteiger partial charge in [-0.1, -0.05) is 25.1 Å². The van der Waals surface area contributed by atoms with Gasteiger partial charge in [0.1, 0.15) is 17.0 Å². The van der Waals surface area contributed by atoms with Gasteiger partial charge in [-0.2, -0.15) is 0 Å². The number of carbonyl (C=O) groups is 1. The lowest BCUT2D eigenvalue weighted by atomic mass is 9.99. The van der Waals surface area contributed by atoms with Crippen molar-refractivity contribution in [2.24, 2.45) is 5.92 Å². The smallest absolute Gasteiger partial charge is 0.269 e. The maximum absolute atomic E-state index is 15.5. The zero-order valence-electron chi connectivity index (χ0n) is 28.5. The molecule has 1 N–H and O–H groups in total. The van der Waals surface area contributed by atoms with Crippen LogP contribution >= 0.6 is 0 Å². The quantitative estimate of drug-likeness (QED) is 0.139. The minimum absolute atomic E-state index is 0.0601. The molecule has 1 saturated heterocycles. The van der Waals surface area contributed by atoms with E-state index in [0.717, 1.165) is 38.0 Å². The van der Waals surface area contributed by atoms with Crippen LogP contribution in [0, 0.1) is 11.7 Å². The highest BCUT2D eigenvalue weighted by Crippen LogP contribution is 2.38. The van der Waals surface area contributed by atoms with Crippen LogP contribution in [0.25, 0.3) is 27.6 Å². The van der Waals surface area contributed by atoms with Crippen LogP contribution in [-0.4, -0.2) is 58.7 Å². The van der Waals surface area contributed by atoms with Gasteiger partial charge >= 0.3 is 0 Å². The Labute approximate surface area is 294 Å². The fraction of sp³-hybridized carbons (Fsp3) is 0.250. The summed E-state index contributed by atoms with van der Waals surface area (Å²) in [5, 5.41) is 3.87. The van der Waals surface area contributed by atoms with Crippen molar-refractivity contribution in [1.29, 1.82) is 0 Å². The average molecular weight is 688 g/mol. The number of nitrogens with zero attached hydrogens (tertiary/aromatic N) is 4. The minimum atomic E-state index is -0.711. The summed E-state index contributed by atoms with van der Waals surface area (Å²) in [5.74, 6) is 0.800. The molecule has 11 heteroatoms. The number of fused-ring (bicyclic) bond motifs is 2. The maximum atomic E-state index is 15.5. The maximum Gasteiger partial charge on any atom is 0.269 e. The van der Waals surface area contributed by atoms with Crippen LogP contribution < -0.4 is 25.1 Å². The first-order chi connectivity index (χ1) is 24.9. The highest BCUT2D eigenvalue weighted by atomic mass is 19.1. The molecule has 1 aliphatic rings. The largest absolute Gasteiger partial charge is 0.493 e. The van der Waals surface area contributed by atoms with Crippen LogP contribution in [0.3, 0.4) is 0 Å². The van der Waals surface area contributed by atoms with E-state index in [0.29, 0.717) is 51.5 Å². The van der Waals surface area contributed by atoms with Gasteiger partial charge in [0.25, 0.3) is 11.5 Å². The number of amides is 1. The Morgan fingerprint density at radius 1 is 0.902 bits per heavy atom. The summed E-state index contributed by atoms with van der Waals surface area (Å²) in [6.07, 6.45) is 6.54. The Morgan fingerprint density at radius 2 is 1.73 bits per heavy atom. The number of pyridine rings is 3. The molecule has 6 aromatic rings. The summed E-state index contributed by atoms with van der Waals surface area (Å²) in [4.78, 5) is 38.3. The highest BCUT2D eigenvalue weighted by molar-refractivity contribution is 6.05. The number of likely N-dealkylation sites (tertiary alicyclic amines) is 1. The monoisotopic (exact) mass is 687 g/mol. The number of carbonyl (C=O) groups excluding carboxylic acids is 1. The van der Waals surface area contributed by atoms with Crippen molar-refractivity contribution in [2.45, 2.75) is 26.2 Å². The summed E-state index contributed by atoms with van der Waals surface area (Å²) in [5.41, 5.74) is 1.07. The number of anilines is 1. The Bertz CT molecular complexity index is 2250. The number of methoxy groups -OCH3 is 1. The predicted molar refractivity (Wildman–Crippen MR) is 195 cm³/mol. The van der Waals surface area contributed by atoms with E-state index in [1.165, 1.54) is 35.6 Å². The number of para-hydroxylation sites is 1. The van der Waals surface area contributed by atoms with Crippen LogP contribution in [0.5, 0.6) is 23.0 Å². The van der Waals surface area contributed by atoms with Crippen molar-refractivity contribution < 1.29 is 23.4 Å². The molecule has 0 saturated carbocycles. The molecule has 3 aromatic heterocycles. The van der Waals surface area contributed by atoms with E-state index >= 15 is 4.39 Å². The number of hydrogen-bond acceptors (Lipinski definition) is 8. The fourth-order valence-corrected chi connectivity index (χ4v) is 6.35. The van der Waals surface area contributed by atoms with Crippen molar-refractivity contribution in [3.05, 3.63) is 119 Å². The van der Waals surface area contributed by atoms with Crippen LogP contribution in [0.4, 0.5) is 10.1 Å². The third-order valence-electron chi connectivity index (χ3n) is 9.17. The topological polar surface area (TPSA) is 108 Å². The highest BCUT2D eigenvalue weighted by Gasteiger charge is 2.20. The van der Waals surface area contributed by atoms with Crippen LogP contribution in [0.1, 0.15) is 36.5 Å². The number of nitrogens with one attached hydrogen (secondary N) is 1. The van der Waals surface area contributed by atoms with Crippen LogP contribution in [0.2, 0.25) is 0 Å². The molecule has 0 atom stereocenters. The molecule has 0 unspecified atom stereocenters. The molecule has 7 rings (SSSR count). The molecule has 260 valence electrons. The van der Waals surface area contributed by atoms with Gasteiger partial charge in [0.05, 0.1) is 24.9 Å². The van der Waals surface area contributed by atoms with E-state index in [-0.39, 0.29) is 17.0 Å². The molecule has 0 spiro atoms. The summed E-state index contributed by atoms with van der Waals surface area (Å²) in [6, 6.07) is 23.2. The van der Waals surface area contributed by atoms with Gasteiger partial charge < -0.3 is 24.4 Å². The number of piperidine rings is 1. The normalized spacial score (nSPS) is 13.7.